The first-order chi connectivity index (χ1) is 7.69. The average molecular weight is 240 g/mol. The fourth-order valence-electron chi connectivity index (χ4n) is 1.72. The zero-order valence-corrected chi connectivity index (χ0v) is 11.7. The molecule has 0 aliphatic heterocycles. The number of nitrogens with one attached hydrogen (secondary N) is 1. The van der Waals surface area contributed by atoms with Crippen LogP contribution < -0.4 is 5.32 Å². The first-order valence-corrected chi connectivity index (χ1v) is 7.19. The molecule has 16 heavy (non-hydrogen) atoms. The van der Waals surface area contributed by atoms with Gasteiger partial charge in [0.25, 0.3) is 0 Å². The van der Waals surface area contributed by atoms with E-state index in [1.807, 2.05) is 7.05 Å². The van der Waals surface area contributed by atoms with Gasteiger partial charge >= 0.3 is 0 Å². The third kappa shape index (κ3) is 3.87. The van der Waals surface area contributed by atoms with Gasteiger partial charge in [0.05, 0.1) is 11.7 Å². The molecular weight excluding hydrogens is 216 g/mol. The van der Waals surface area contributed by atoms with Gasteiger partial charge in [0.2, 0.25) is 0 Å². The van der Waals surface area contributed by atoms with E-state index < -0.39 is 0 Å². The number of nitrogens with zero attached hydrogens (tertiary/aromatic N) is 1. The average Bonchev–Trinajstić information content (AvgIpc) is 2.74. The van der Waals surface area contributed by atoms with E-state index in [2.05, 4.69) is 31.5 Å². The molecule has 0 spiro atoms. The molecular formula is C13H24N2S. The van der Waals surface area contributed by atoms with Crippen molar-refractivity contribution in [1.82, 2.24) is 10.3 Å². The van der Waals surface area contributed by atoms with E-state index in [0.717, 1.165) is 0 Å². The molecule has 2 nitrogen and oxygen atoms in total. The maximum atomic E-state index is 4.72. The summed E-state index contributed by atoms with van der Waals surface area (Å²) in [5, 5.41) is 6.83. The molecule has 92 valence electrons. The van der Waals surface area contributed by atoms with Crippen molar-refractivity contribution in [2.24, 2.45) is 0 Å². The Kier molecular flexibility index (Phi) is 5.99. The number of unbranched alkanes of at least 4 members (excludes halogenated alkanes) is 2. The van der Waals surface area contributed by atoms with Crippen LogP contribution in [-0.4, -0.2) is 12.0 Å². The Bertz CT molecular complexity index is 294. The lowest BCUT2D eigenvalue weighted by atomic mass is 10.1. The molecule has 0 aliphatic rings. The number of hydrogen-bond donors (Lipinski definition) is 1. The van der Waals surface area contributed by atoms with Gasteiger partial charge in [-0.25, -0.2) is 4.98 Å². The fourth-order valence-corrected chi connectivity index (χ4v) is 2.84. The van der Waals surface area contributed by atoms with Crippen molar-refractivity contribution in [1.29, 1.82) is 0 Å². The summed E-state index contributed by atoms with van der Waals surface area (Å²) in [5.41, 5.74) is 1.23. The molecule has 1 aromatic rings. The highest BCUT2D eigenvalue weighted by atomic mass is 32.1. The Morgan fingerprint density at radius 1 is 1.38 bits per heavy atom. The highest BCUT2D eigenvalue weighted by Gasteiger charge is 2.14. The van der Waals surface area contributed by atoms with Gasteiger partial charge in [0.15, 0.2) is 0 Å². The minimum Gasteiger partial charge on any atom is -0.311 e. The molecule has 0 aliphatic carbocycles. The lowest BCUT2D eigenvalue weighted by Crippen LogP contribution is -2.16. The Morgan fingerprint density at radius 2 is 2.12 bits per heavy atom. The van der Waals surface area contributed by atoms with Gasteiger partial charge in [-0.3, -0.25) is 0 Å². The van der Waals surface area contributed by atoms with Crippen molar-refractivity contribution in [2.75, 3.05) is 7.05 Å². The molecule has 0 fully saturated rings. The van der Waals surface area contributed by atoms with Gasteiger partial charge in [-0.05, 0) is 19.4 Å². The van der Waals surface area contributed by atoms with Gasteiger partial charge in [0, 0.05) is 5.38 Å². The molecule has 0 aromatic carbocycles. The van der Waals surface area contributed by atoms with Crippen molar-refractivity contribution >= 4 is 11.3 Å². The minimum atomic E-state index is 0.448. The van der Waals surface area contributed by atoms with Crippen LogP contribution in [0.15, 0.2) is 5.38 Å². The van der Waals surface area contributed by atoms with Gasteiger partial charge < -0.3 is 5.32 Å². The molecule has 0 saturated carbocycles. The third-order valence-corrected chi connectivity index (χ3v) is 3.85. The van der Waals surface area contributed by atoms with E-state index in [9.17, 15) is 0 Å². The van der Waals surface area contributed by atoms with Crippen LogP contribution in [0.4, 0.5) is 0 Å². The molecule has 1 N–H and O–H groups in total. The Hall–Kier alpha value is -0.410. The van der Waals surface area contributed by atoms with Crippen LogP contribution in [0.2, 0.25) is 0 Å². The van der Waals surface area contributed by atoms with Crippen molar-refractivity contribution in [3.8, 4) is 0 Å². The first kappa shape index (κ1) is 13.7. The quantitative estimate of drug-likeness (QED) is 0.726. The van der Waals surface area contributed by atoms with Crippen LogP contribution in [0.25, 0.3) is 0 Å². The largest absolute Gasteiger partial charge is 0.311 e. The molecule has 0 bridgehead atoms. The molecule has 3 heteroatoms. The second-order valence-electron chi connectivity index (χ2n) is 4.60. The first-order valence-electron chi connectivity index (χ1n) is 6.31. The molecule has 1 rings (SSSR count). The Labute approximate surface area is 103 Å². The summed E-state index contributed by atoms with van der Waals surface area (Å²) in [5.74, 6) is 0.540. The smallest absolute Gasteiger partial charge is 0.110 e. The summed E-state index contributed by atoms with van der Waals surface area (Å²) in [6, 6.07) is 0.448. The minimum absolute atomic E-state index is 0.448. The van der Waals surface area contributed by atoms with E-state index in [1.165, 1.54) is 36.4 Å². The van der Waals surface area contributed by atoms with E-state index in [1.54, 1.807) is 11.3 Å². The molecule has 1 atom stereocenters. The number of thiazole rings is 1. The fraction of sp³-hybridized carbons (Fsp3) is 0.769. The second-order valence-corrected chi connectivity index (χ2v) is 5.49. The van der Waals surface area contributed by atoms with E-state index in [4.69, 9.17) is 4.98 Å². The maximum absolute atomic E-state index is 4.72. The summed E-state index contributed by atoms with van der Waals surface area (Å²) in [4.78, 5) is 4.72. The Balaban J connectivity index is 2.56. The molecule has 1 heterocycles. The highest BCUT2D eigenvalue weighted by Crippen LogP contribution is 2.25. The lowest BCUT2D eigenvalue weighted by molar-refractivity contribution is 0.508. The number of aromatic nitrogens is 1. The van der Waals surface area contributed by atoms with Crippen molar-refractivity contribution in [3.05, 3.63) is 16.1 Å². The van der Waals surface area contributed by atoms with E-state index >= 15 is 0 Å². The summed E-state index contributed by atoms with van der Waals surface area (Å²) >= 11 is 1.79. The monoisotopic (exact) mass is 240 g/mol. The van der Waals surface area contributed by atoms with Gasteiger partial charge in [0.1, 0.15) is 5.01 Å². The van der Waals surface area contributed by atoms with Gasteiger partial charge in [-0.1, -0.05) is 40.0 Å². The Morgan fingerprint density at radius 3 is 2.62 bits per heavy atom. The lowest BCUT2D eigenvalue weighted by Gasteiger charge is -2.12. The van der Waals surface area contributed by atoms with E-state index in [-0.39, 0.29) is 0 Å². The van der Waals surface area contributed by atoms with Crippen LogP contribution in [0, 0.1) is 0 Å². The SMILES string of the molecule is CCCCCC(NC)c1nc(C(C)C)cs1. The zero-order valence-electron chi connectivity index (χ0n) is 10.9. The predicted octanol–water partition coefficient (Wildman–Crippen LogP) is 4.11. The maximum Gasteiger partial charge on any atom is 0.110 e. The van der Waals surface area contributed by atoms with Crippen molar-refractivity contribution in [3.63, 3.8) is 0 Å². The topological polar surface area (TPSA) is 24.9 Å². The molecule has 0 radical (unpaired) electrons. The van der Waals surface area contributed by atoms with Gasteiger partial charge in [-0.15, -0.1) is 11.3 Å². The third-order valence-electron chi connectivity index (χ3n) is 2.87. The number of rotatable bonds is 7. The molecule has 0 amide bonds. The second kappa shape index (κ2) is 7.02. The highest BCUT2D eigenvalue weighted by molar-refractivity contribution is 7.09. The van der Waals surface area contributed by atoms with Crippen LogP contribution >= 0.6 is 11.3 Å². The summed E-state index contributed by atoms with van der Waals surface area (Å²) < 4.78 is 0. The van der Waals surface area contributed by atoms with Gasteiger partial charge in [-0.2, -0.15) is 0 Å². The van der Waals surface area contributed by atoms with Crippen LogP contribution in [-0.2, 0) is 0 Å². The molecule has 1 unspecified atom stereocenters. The zero-order chi connectivity index (χ0) is 12.0. The summed E-state index contributed by atoms with van der Waals surface area (Å²) in [6.07, 6.45) is 5.10. The van der Waals surface area contributed by atoms with Crippen LogP contribution in [0.1, 0.15) is 69.1 Å². The summed E-state index contributed by atoms with van der Waals surface area (Å²) in [6.45, 7) is 6.64. The molecule has 1 aromatic heterocycles. The van der Waals surface area contributed by atoms with Crippen LogP contribution in [0.5, 0.6) is 0 Å². The van der Waals surface area contributed by atoms with Crippen molar-refractivity contribution in [2.45, 2.75) is 58.4 Å². The van der Waals surface area contributed by atoms with E-state index in [0.29, 0.717) is 12.0 Å². The summed E-state index contributed by atoms with van der Waals surface area (Å²) in [7, 11) is 2.03. The van der Waals surface area contributed by atoms with Crippen LogP contribution in [0.3, 0.4) is 0 Å². The van der Waals surface area contributed by atoms with Crippen molar-refractivity contribution < 1.29 is 0 Å². The normalized spacial score (nSPS) is 13.3. The predicted molar refractivity (Wildman–Crippen MR) is 72.1 cm³/mol. The standard InChI is InChI=1S/C13H24N2S/c1-5-6-7-8-11(14-4)13-15-12(9-16-13)10(2)3/h9-11,14H,5-8H2,1-4H3. The number of hydrogen-bond acceptors (Lipinski definition) is 3. The molecule has 0 saturated heterocycles.